The molecule has 1 N–H and O–H groups in total. The molecule has 3 aromatic rings. The molecule has 34 heavy (non-hydrogen) atoms. The largest absolute Gasteiger partial charge is 0.484 e. The van der Waals surface area contributed by atoms with Crippen LogP contribution in [-0.4, -0.2) is 60.1 Å². The standard InChI is InChI=1S/C27H31N3O4/c1-27(2,29-25(31)19-34-23-9-4-3-5-10-23)26(32)30-13-14-33-18-20(17-30)15-22-8-6-7-21-11-12-28-16-24(21)22/h3-12,16,20H,13-15,17-19H2,1-2H3,(H,29,31)/t20-/m0/s1. The summed E-state index contributed by atoms with van der Waals surface area (Å²) in [6.07, 6.45) is 4.47. The highest BCUT2D eigenvalue weighted by Crippen LogP contribution is 2.23. The Morgan fingerprint density at radius 1 is 1.15 bits per heavy atom. The number of carbonyl (C=O) groups excluding carboxylic acids is 2. The van der Waals surface area contributed by atoms with Gasteiger partial charge in [-0.1, -0.05) is 36.4 Å². The molecule has 1 fully saturated rings. The monoisotopic (exact) mass is 461 g/mol. The molecule has 0 spiro atoms. The molecule has 0 unspecified atom stereocenters. The Morgan fingerprint density at radius 2 is 1.97 bits per heavy atom. The van der Waals surface area contributed by atoms with Crippen molar-refractivity contribution in [3.05, 3.63) is 72.6 Å². The highest BCUT2D eigenvalue weighted by molar-refractivity contribution is 5.91. The number of amides is 2. The molecule has 1 aliphatic heterocycles. The van der Waals surface area contributed by atoms with Crippen LogP contribution in [0.2, 0.25) is 0 Å². The summed E-state index contributed by atoms with van der Waals surface area (Å²) in [7, 11) is 0. The van der Waals surface area contributed by atoms with Crippen molar-refractivity contribution in [3.8, 4) is 5.75 Å². The lowest BCUT2D eigenvalue weighted by Crippen LogP contribution is -2.57. The molecule has 0 saturated carbocycles. The zero-order valence-electron chi connectivity index (χ0n) is 19.7. The fraction of sp³-hybridized carbons (Fsp3) is 0.370. The van der Waals surface area contributed by atoms with E-state index in [0.29, 0.717) is 32.1 Å². The molecule has 1 saturated heterocycles. The highest BCUT2D eigenvalue weighted by Gasteiger charge is 2.35. The highest BCUT2D eigenvalue weighted by atomic mass is 16.5. The number of hydrogen-bond acceptors (Lipinski definition) is 5. The van der Waals surface area contributed by atoms with Crippen molar-refractivity contribution >= 4 is 22.6 Å². The van der Waals surface area contributed by atoms with E-state index >= 15 is 0 Å². The first-order valence-electron chi connectivity index (χ1n) is 11.6. The fourth-order valence-electron chi connectivity index (χ4n) is 4.35. The topological polar surface area (TPSA) is 80.8 Å². The number of nitrogens with one attached hydrogen (secondary N) is 1. The molecule has 178 valence electrons. The quantitative estimate of drug-likeness (QED) is 0.584. The number of pyridine rings is 1. The molecule has 0 aliphatic carbocycles. The smallest absolute Gasteiger partial charge is 0.258 e. The molecule has 7 heteroatoms. The van der Waals surface area contributed by atoms with Crippen molar-refractivity contribution in [3.63, 3.8) is 0 Å². The number of ether oxygens (including phenoxy) is 2. The molecule has 2 heterocycles. The van der Waals surface area contributed by atoms with Crippen LogP contribution < -0.4 is 10.1 Å². The number of hydrogen-bond donors (Lipinski definition) is 1. The molecule has 7 nitrogen and oxygen atoms in total. The van der Waals surface area contributed by atoms with E-state index in [9.17, 15) is 9.59 Å². The van der Waals surface area contributed by atoms with Crippen LogP contribution in [0.1, 0.15) is 19.4 Å². The van der Waals surface area contributed by atoms with Gasteiger partial charge in [0, 0.05) is 36.8 Å². The van der Waals surface area contributed by atoms with Crippen molar-refractivity contribution < 1.29 is 19.1 Å². The molecule has 2 amide bonds. The third kappa shape index (κ3) is 5.91. The molecule has 0 radical (unpaired) electrons. The summed E-state index contributed by atoms with van der Waals surface area (Å²) in [6.45, 7) is 5.42. The summed E-state index contributed by atoms with van der Waals surface area (Å²) >= 11 is 0. The molecule has 1 aliphatic rings. The van der Waals surface area contributed by atoms with Gasteiger partial charge in [0.2, 0.25) is 5.91 Å². The van der Waals surface area contributed by atoms with Gasteiger partial charge in [0.05, 0.1) is 13.2 Å². The van der Waals surface area contributed by atoms with E-state index in [1.807, 2.05) is 36.5 Å². The van der Waals surface area contributed by atoms with Crippen LogP contribution in [0.5, 0.6) is 5.75 Å². The van der Waals surface area contributed by atoms with Crippen LogP contribution in [0.4, 0.5) is 0 Å². The van der Waals surface area contributed by atoms with E-state index in [1.54, 1.807) is 37.1 Å². The van der Waals surface area contributed by atoms with E-state index in [0.717, 1.165) is 17.2 Å². The lowest BCUT2D eigenvalue weighted by Gasteiger charge is -2.33. The maximum Gasteiger partial charge on any atom is 0.258 e. The van der Waals surface area contributed by atoms with Crippen LogP contribution in [-0.2, 0) is 20.7 Å². The summed E-state index contributed by atoms with van der Waals surface area (Å²) in [5.41, 5.74) is 0.133. The van der Waals surface area contributed by atoms with E-state index in [1.165, 1.54) is 5.56 Å². The van der Waals surface area contributed by atoms with E-state index in [-0.39, 0.29) is 24.3 Å². The van der Waals surface area contributed by atoms with Gasteiger partial charge in [-0.05, 0) is 49.4 Å². The normalized spacial score (nSPS) is 16.6. The van der Waals surface area contributed by atoms with Crippen molar-refractivity contribution in [1.82, 2.24) is 15.2 Å². The lowest BCUT2D eigenvalue weighted by atomic mass is 9.95. The van der Waals surface area contributed by atoms with E-state index < -0.39 is 5.54 Å². The van der Waals surface area contributed by atoms with Gasteiger partial charge in [-0.3, -0.25) is 14.6 Å². The van der Waals surface area contributed by atoms with Gasteiger partial charge in [-0.15, -0.1) is 0 Å². The molecule has 1 atom stereocenters. The maximum atomic E-state index is 13.4. The Bertz CT molecular complexity index is 1130. The summed E-state index contributed by atoms with van der Waals surface area (Å²) in [5.74, 6) is 0.284. The maximum absolute atomic E-state index is 13.4. The zero-order valence-corrected chi connectivity index (χ0v) is 19.7. The first-order chi connectivity index (χ1) is 16.4. The van der Waals surface area contributed by atoms with Crippen molar-refractivity contribution in [1.29, 1.82) is 0 Å². The number of fused-ring (bicyclic) bond motifs is 1. The minimum absolute atomic E-state index is 0.129. The zero-order chi connectivity index (χ0) is 24.0. The number of rotatable bonds is 7. The molecule has 4 rings (SSSR count). The minimum atomic E-state index is -1.06. The van der Waals surface area contributed by atoms with Gasteiger partial charge in [-0.25, -0.2) is 0 Å². The Hall–Kier alpha value is -3.45. The summed E-state index contributed by atoms with van der Waals surface area (Å²) in [6, 6.07) is 17.4. The molecular formula is C27H31N3O4. The van der Waals surface area contributed by atoms with Crippen LogP contribution in [0.25, 0.3) is 10.8 Å². The first-order valence-corrected chi connectivity index (χ1v) is 11.6. The number of benzene rings is 2. The molecule has 2 aromatic carbocycles. The van der Waals surface area contributed by atoms with E-state index in [4.69, 9.17) is 9.47 Å². The Morgan fingerprint density at radius 3 is 2.79 bits per heavy atom. The van der Waals surface area contributed by atoms with E-state index in [2.05, 4.69) is 22.4 Å². The molecule has 0 bridgehead atoms. The van der Waals surface area contributed by atoms with Crippen LogP contribution in [0.15, 0.2) is 67.0 Å². The SMILES string of the molecule is CC(C)(NC(=O)COc1ccccc1)C(=O)N1CCOC[C@@H](Cc2cccc3ccncc23)C1. The third-order valence-electron chi connectivity index (χ3n) is 6.01. The second kappa shape index (κ2) is 10.7. The van der Waals surface area contributed by atoms with Gasteiger partial charge in [0.25, 0.3) is 5.91 Å². The molecular weight excluding hydrogens is 430 g/mol. The Balaban J connectivity index is 1.38. The van der Waals surface area contributed by atoms with Crippen molar-refractivity contribution in [2.75, 3.05) is 32.9 Å². The average molecular weight is 462 g/mol. The van der Waals surface area contributed by atoms with Crippen molar-refractivity contribution in [2.24, 2.45) is 5.92 Å². The first kappa shape index (κ1) is 23.7. The second-order valence-electron chi connectivity index (χ2n) is 9.19. The van der Waals surface area contributed by atoms with Crippen LogP contribution in [0.3, 0.4) is 0 Å². The minimum Gasteiger partial charge on any atom is -0.484 e. The lowest BCUT2D eigenvalue weighted by molar-refractivity contribution is -0.141. The van der Waals surface area contributed by atoms with Gasteiger partial charge >= 0.3 is 0 Å². The Kier molecular flexibility index (Phi) is 7.43. The fourth-order valence-corrected chi connectivity index (χ4v) is 4.35. The van der Waals surface area contributed by atoms with Crippen LogP contribution in [0, 0.1) is 5.92 Å². The summed E-state index contributed by atoms with van der Waals surface area (Å²) in [4.78, 5) is 32.0. The number of carbonyl (C=O) groups is 2. The third-order valence-corrected chi connectivity index (χ3v) is 6.01. The van der Waals surface area contributed by atoms with Gasteiger partial charge in [0.15, 0.2) is 6.61 Å². The summed E-state index contributed by atoms with van der Waals surface area (Å²) in [5, 5.41) is 5.10. The van der Waals surface area contributed by atoms with Gasteiger partial charge < -0.3 is 19.7 Å². The van der Waals surface area contributed by atoms with Gasteiger partial charge in [-0.2, -0.15) is 0 Å². The van der Waals surface area contributed by atoms with Gasteiger partial charge in [0.1, 0.15) is 11.3 Å². The number of para-hydroxylation sites is 1. The molecule has 1 aromatic heterocycles. The number of aromatic nitrogens is 1. The Labute approximate surface area is 200 Å². The second-order valence-corrected chi connectivity index (χ2v) is 9.19. The van der Waals surface area contributed by atoms with Crippen molar-refractivity contribution in [2.45, 2.75) is 25.8 Å². The van der Waals surface area contributed by atoms with Crippen LogP contribution >= 0.6 is 0 Å². The summed E-state index contributed by atoms with van der Waals surface area (Å²) < 4.78 is 11.4. The number of nitrogens with zero attached hydrogens (tertiary/aromatic N) is 2. The predicted molar refractivity (Wildman–Crippen MR) is 130 cm³/mol. The average Bonchev–Trinajstić information content (AvgIpc) is 3.08. The predicted octanol–water partition coefficient (Wildman–Crippen LogP) is 3.23.